The number of hydrogen-bond donors (Lipinski definition) is 2. The summed E-state index contributed by atoms with van der Waals surface area (Å²) in [6.07, 6.45) is 8.19. The first-order valence-electron chi connectivity index (χ1n) is 13.0. The number of carboxylic acid groups (broad SMARTS) is 1. The number of rotatable bonds is 4. The summed E-state index contributed by atoms with van der Waals surface area (Å²) in [7, 11) is 0. The van der Waals surface area contributed by atoms with Crippen molar-refractivity contribution in [3.8, 4) is 11.1 Å². The quantitative estimate of drug-likeness (QED) is 0.547. The zero-order chi connectivity index (χ0) is 23.9. The number of aromatic amines is 1. The third-order valence-electron chi connectivity index (χ3n) is 8.24. The van der Waals surface area contributed by atoms with Crippen LogP contribution in [-0.4, -0.2) is 63.8 Å². The minimum absolute atomic E-state index is 0.0742. The number of aryl methyl sites for hydroxylation is 1. The van der Waals surface area contributed by atoms with Crippen molar-refractivity contribution in [1.82, 2.24) is 19.8 Å². The molecule has 5 heterocycles. The van der Waals surface area contributed by atoms with Gasteiger partial charge in [-0.25, -0.2) is 9.78 Å². The summed E-state index contributed by atoms with van der Waals surface area (Å²) in [5.74, 6) is 0.692. The lowest BCUT2D eigenvalue weighted by atomic mass is 9.86. The number of H-pyrrole nitrogens is 1. The van der Waals surface area contributed by atoms with Crippen LogP contribution in [0.25, 0.3) is 22.2 Å². The van der Waals surface area contributed by atoms with E-state index in [0.717, 1.165) is 87.1 Å². The minimum atomic E-state index is -0.812. The smallest absolute Gasteiger partial charge is 0.407 e. The first kappa shape index (κ1) is 22.6. The van der Waals surface area contributed by atoms with Crippen LogP contribution < -0.4 is 0 Å². The first-order chi connectivity index (χ1) is 17.1. The van der Waals surface area contributed by atoms with Crippen LogP contribution in [0.3, 0.4) is 0 Å². The maximum absolute atomic E-state index is 12.1. The Morgan fingerprint density at radius 1 is 1.17 bits per heavy atom. The summed E-state index contributed by atoms with van der Waals surface area (Å²) in [4.78, 5) is 24.2. The molecule has 0 radical (unpaired) electrons. The first-order valence-corrected chi connectivity index (χ1v) is 13.0. The number of pyridine rings is 1. The van der Waals surface area contributed by atoms with Crippen molar-refractivity contribution < 1.29 is 14.6 Å². The molecule has 1 atom stereocenters. The van der Waals surface area contributed by atoms with E-state index in [-0.39, 0.29) is 6.04 Å². The maximum Gasteiger partial charge on any atom is 0.407 e. The van der Waals surface area contributed by atoms with Gasteiger partial charge in [0, 0.05) is 62.7 Å². The average Bonchev–Trinajstić information content (AvgIpc) is 3.51. The van der Waals surface area contributed by atoms with E-state index in [9.17, 15) is 9.90 Å². The van der Waals surface area contributed by atoms with E-state index < -0.39 is 6.09 Å². The molecule has 7 nitrogen and oxygen atoms in total. The molecule has 6 rings (SSSR count). The van der Waals surface area contributed by atoms with Crippen molar-refractivity contribution in [2.45, 2.75) is 51.6 Å². The van der Waals surface area contributed by atoms with Gasteiger partial charge in [-0.2, -0.15) is 0 Å². The number of nitrogens with one attached hydrogen (secondary N) is 1. The highest BCUT2D eigenvalue weighted by Gasteiger charge is 2.34. The molecular formula is C28H34N4O3. The molecule has 2 N–H and O–H groups in total. The third kappa shape index (κ3) is 4.32. The number of amides is 1. The second kappa shape index (κ2) is 9.28. The Bertz CT molecular complexity index is 1250. The van der Waals surface area contributed by atoms with E-state index >= 15 is 0 Å². The van der Waals surface area contributed by atoms with Crippen molar-refractivity contribution in [3.05, 3.63) is 52.8 Å². The molecular weight excluding hydrogens is 440 g/mol. The van der Waals surface area contributed by atoms with E-state index in [1.807, 2.05) is 12.4 Å². The number of aromatic nitrogens is 2. The Kier molecular flexibility index (Phi) is 5.98. The Balaban J connectivity index is 1.39. The topological polar surface area (TPSA) is 81.7 Å². The van der Waals surface area contributed by atoms with Crippen LogP contribution >= 0.6 is 0 Å². The van der Waals surface area contributed by atoms with Crippen LogP contribution in [0.5, 0.6) is 0 Å². The van der Waals surface area contributed by atoms with Crippen LogP contribution in [0.2, 0.25) is 0 Å². The molecule has 1 amide bonds. The maximum atomic E-state index is 12.1. The number of fused-ring (bicyclic) bond motifs is 2. The molecule has 3 aromatic rings. The molecule has 3 aliphatic heterocycles. The van der Waals surface area contributed by atoms with Crippen molar-refractivity contribution in [2.75, 3.05) is 32.8 Å². The number of nitrogens with zero attached hydrogens (tertiary/aromatic N) is 3. The summed E-state index contributed by atoms with van der Waals surface area (Å²) in [6.45, 7) is 7.51. The molecule has 3 aliphatic rings. The standard InChI is InChI=1S/C28H34N4O3/c1-18-14-29-27-23(18)13-22(15-30-27)21-11-20-4-8-31(16-19-5-9-35-10-6-19)17-25(20)24(12-21)26-3-2-7-32(26)28(33)34/h11-15,19,26H,2-10,16-17H2,1H3,(H,29,30)(H,33,34). The highest BCUT2D eigenvalue weighted by molar-refractivity contribution is 5.84. The fourth-order valence-electron chi connectivity index (χ4n) is 6.28. The lowest BCUT2D eigenvalue weighted by Gasteiger charge is -2.36. The number of hydrogen-bond acceptors (Lipinski definition) is 4. The summed E-state index contributed by atoms with van der Waals surface area (Å²) in [5, 5.41) is 11.1. The fourth-order valence-corrected chi connectivity index (χ4v) is 6.28. The molecule has 7 heteroatoms. The van der Waals surface area contributed by atoms with Crippen LogP contribution in [0, 0.1) is 12.8 Å². The third-order valence-corrected chi connectivity index (χ3v) is 8.24. The predicted octanol–water partition coefficient (Wildman–Crippen LogP) is 5.14. The van der Waals surface area contributed by atoms with Gasteiger partial charge >= 0.3 is 6.09 Å². The van der Waals surface area contributed by atoms with Crippen LogP contribution in [0.4, 0.5) is 4.79 Å². The number of benzene rings is 1. The molecule has 0 aliphatic carbocycles. The highest BCUT2D eigenvalue weighted by atomic mass is 16.5. The lowest BCUT2D eigenvalue weighted by Crippen LogP contribution is -2.37. The SMILES string of the molecule is Cc1c[nH]c2ncc(-c3cc4c(c(C5CCCN5C(=O)O)c3)CN(CC3CCOCC3)CC4)cc12. The van der Waals surface area contributed by atoms with Gasteiger partial charge in [0.15, 0.2) is 0 Å². The van der Waals surface area contributed by atoms with E-state index in [1.54, 1.807) is 4.90 Å². The predicted molar refractivity (Wildman–Crippen MR) is 135 cm³/mol. The normalized spacial score (nSPS) is 21.5. The van der Waals surface area contributed by atoms with E-state index in [4.69, 9.17) is 4.74 Å². The number of carbonyl (C=O) groups is 1. The molecule has 0 bridgehead atoms. The number of likely N-dealkylation sites (tertiary alicyclic amines) is 1. The Labute approximate surface area is 206 Å². The molecule has 2 aromatic heterocycles. The molecule has 2 fully saturated rings. The monoisotopic (exact) mass is 474 g/mol. The Hall–Kier alpha value is -2.90. The fraction of sp³-hybridized carbons (Fsp3) is 0.500. The molecule has 1 aromatic carbocycles. The molecule has 184 valence electrons. The van der Waals surface area contributed by atoms with Gasteiger partial charge in [-0.05, 0) is 84.9 Å². The van der Waals surface area contributed by atoms with Gasteiger partial charge in [-0.3, -0.25) is 4.90 Å². The van der Waals surface area contributed by atoms with Crippen molar-refractivity contribution in [1.29, 1.82) is 0 Å². The summed E-state index contributed by atoms with van der Waals surface area (Å²) < 4.78 is 5.56. The van der Waals surface area contributed by atoms with Crippen LogP contribution in [0.15, 0.2) is 30.6 Å². The van der Waals surface area contributed by atoms with Crippen LogP contribution in [0.1, 0.15) is 54.0 Å². The summed E-state index contributed by atoms with van der Waals surface area (Å²) >= 11 is 0. The zero-order valence-corrected chi connectivity index (χ0v) is 20.4. The van der Waals surface area contributed by atoms with E-state index in [2.05, 4.69) is 40.0 Å². The van der Waals surface area contributed by atoms with Gasteiger partial charge in [-0.1, -0.05) is 6.07 Å². The Morgan fingerprint density at radius 3 is 2.86 bits per heavy atom. The van der Waals surface area contributed by atoms with E-state index in [1.165, 1.54) is 22.3 Å². The summed E-state index contributed by atoms with van der Waals surface area (Å²) in [6, 6.07) is 6.72. The summed E-state index contributed by atoms with van der Waals surface area (Å²) in [5.41, 5.74) is 8.23. The average molecular weight is 475 g/mol. The van der Waals surface area contributed by atoms with Gasteiger partial charge in [0.25, 0.3) is 0 Å². The van der Waals surface area contributed by atoms with Crippen molar-refractivity contribution in [3.63, 3.8) is 0 Å². The van der Waals surface area contributed by atoms with Crippen molar-refractivity contribution in [2.24, 2.45) is 5.92 Å². The molecule has 0 spiro atoms. The van der Waals surface area contributed by atoms with Gasteiger partial charge in [-0.15, -0.1) is 0 Å². The highest BCUT2D eigenvalue weighted by Crippen LogP contribution is 2.40. The molecule has 0 saturated carbocycles. The Morgan fingerprint density at radius 2 is 2.03 bits per heavy atom. The molecule has 1 unspecified atom stereocenters. The van der Waals surface area contributed by atoms with Gasteiger partial charge in [0.1, 0.15) is 5.65 Å². The van der Waals surface area contributed by atoms with Gasteiger partial charge < -0.3 is 19.7 Å². The lowest BCUT2D eigenvalue weighted by molar-refractivity contribution is 0.0505. The van der Waals surface area contributed by atoms with Gasteiger partial charge in [0.2, 0.25) is 0 Å². The van der Waals surface area contributed by atoms with Crippen molar-refractivity contribution >= 4 is 17.1 Å². The van der Waals surface area contributed by atoms with Crippen LogP contribution in [-0.2, 0) is 17.7 Å². The zero-order valence-electron chi connectivity index (χ0n) is 20.4. The number of ether oxygens (including phenoxy) is 1. The second-order valence-electron chi connectivity index (χ2n) is 10.5. The second-order valence-corrected chi connectivity index (χ2v) is 10.5. The van der Waals surface area contributed by atoms with E-state index in [0.29, 0.717) is 12.5 Å². The minimum Gasteiger partial charge on any atom is -0.465 e. The molecule has 2 saturated heterocycles. The van der Waals surface area contributed by atoms with Gasteiger partial charge in [0.05, 0.1) is 6.04 Å². The molecule has 35 heavy (non-hydrogen) atoms. The largest absolute Gasteiger partial charge is 0.465 e.